The Kier molecular flexibility index (Phi) is 7.37. The Bertz CT molecular complexity index is 1450. The average molecular weight is 518 g/mol. The minimum absolute atomic E-state index is 0.00762. The maximum atomic E-state index is 13.9. The van der Waals surface area contributed by atoms with Crippen molar-refractivity contribution in [2.75, 3.05) is 19.0 Å². The van der Waals surface area contributed by atoms with Gasteiger partial charge >= 0.3 is 0 Å². The molecule has 188 valence electrons. The lowest BCUT2D eigenvalue weighted by molar-refractivity contribution is 0.266. The van der Waals surface area contributed by atoms with Crippen molar-refractivity contribution in [2.45, 2.75) is 19.4 Å². The van der Waals surface area contributed by atoms with Crippen LogP contribution in [0, 0.1) is 29.8 Å². The largest absolute Gasteiger partial charge is 0.494 e. The molecule has 0 spiro atoms. The van der Waals surface area contributed by atoms with Crippen LogP contribution in [0.1, 0.15) is 23.7 Å². The maximum absolute atomic E-state index is 13.9. The van der Waals surface area contributed by atoms with E-state index in [1.807, 2.05) is 23.8 Å². The minimum Gasteiger partial charge on any atom is -0.494 e. The van der Waals surface area contributed by atoms with Crippen molar-refractivity contribution in [3.63, 3.8) is 0 Å². The van der Waals surface area contributed by atoms with Crippen LogP contribution < -0.4 is 15.5 Å². The van der Waals surface area contributed by atoms with Crippen molar-refractivity contribution in [1.29, 1.82) is 5.41 Å². The van der Waals surface area contributed by atoms with Gasteiger partial charge in [-0.05, 0) is 49.2 Å². The molecule has 36 heavy (non-hydrogen) atoms. The Balaban J connectivity index is 1.74. The lowest BCUT2D eigenvalue weighted by atomic mass is 10.0. The number of anilines is 2. The highest BCUT2D eigenvalue weighted by Crippen LogP contribution is 2.30. The molecule has 0 aliphatic rings. The van der Waals surface area contributed by atoms with Crippen molar-refractivity contribution in [3.05, 3.63) is 94.3 Å². The van der Waals surface area contributed by atoms with Gasteiger partial charge in [-0.3, -0.25) is 5.41 Å². The lowest BCUT2D eigenvalue weighted by Crippen LogP contribution is -2.28. The first-order valence-corrected chi connectivity index (χ1v) is 11.3. The molecule has 1 unspecified atom stereocenters. The molecule has 3 N–H and O–H groups in total. The second-order valence-electron chi connectivity index (χ2n) is 8.09. The zero-order chi connectivity index (χ0) is 26.0. The van der Waals surface area contributed by atoms with E-state index in [9.17, 15) is 18.3 Å². The topological polar surface area (TPSA) is 88.1 Å². The summed E-state index contributed by atoms with van der Waals surface area (Å²) in [6.45, 7) is 1.53. The number of hydrogen-bond donors (Lipinski definition) is 3. The number of aryl methyl sites for hydroxylation is 1. The van der Waals surface area contributed by atoms with Gasteiger partial charge in [-0.1, -0.05) is 11.6 Å². The van der Waals surface area contributed by atoms with E-state index in [1.54, 1.807) is 18.5 Å². The number of methoxy groups -OCH3 is 1. The highest BCUT2D eigenvalue weighted by atomic mass is 35.5. The summed E-state index contributed by atoms with van der Waals surface area (Å²) in [5.74, 6) is -3.76. The second-order valence-corrected chi connectivity index (χ2v) is 8.52. The maximum Gasteiger partial charge on any atom is 0.194 e. The number of nitrogens with zero attached hydrogens (tertiary/aromatic N) is 3. The number of imidazole rings is 1. The van der Waals surface area contributed by atoms with Gasteiger partial charge in [-0.2, -0.15) is 0 Å². The second kappa shape index (κ2) is 10.5. The van der Waals surface area contributed by atoms with Crippen LogP contribution in [0.2, 0.25) is 5.02 Å². The molecule has 7 nitrogen and oxygen atoms in total. The molecule has 0 aliphatic heterocycles. The minimum atomic E-state index is -1.59. The molecule has 4 aromatic rings. The van der Waals surface area contributed by atoms with Crippen LogP contribution in [-0.2, 0) is 0 Å². The van der Waals surface area contributed by atoms with Gasteiger partial charge < -0.3 is 24.3 Å². The summed E-state index contributed by atoms with van der Waals surface area (Å²) in [5, 5.41) is 21.7. The molecule has 1 atom stereocenters. The van der Waals surface area contributed by atoms with Crippen LogP contribution in [0.5, 0.6) is 5.75 Å². The zero-order valence-corrected chi connectivity index (χ0v) is 20.2. The first-order chi connectivity index (χ1) is 17.2. The fraction of sp³-hybridized carbons (Fsp3) is 0.200. The van der Waals surface area contributed by atoms with Gasteiger partial charge in [0.15, 0.2) is 17.5 Å². The number of benzene rings is 2. The number of rotatable bonds is 8. The first-order valence-electron chi connectivity index (χ1n) is 10.9. The smallest absolute Gasteiger partial charge is 0.194 e. The Morgan fingerprint density at radius 1 is 1.14 bits per heavy atom. The molecule has 0 aliphatic carbocycles. The molecule has 2 heterocycles. The number of hydrogen-bond acceptors (Lipinski definition) is 5. The van der Waals surface area contributed by atoms with Crippen LogP contribution in [0.3, 0.4) is 0 Å². The molecule has 0 bridgehead atoms. The van der Waals surface area contributed by atoms with Crippen LogP contribution in [0.15, 0.2) is 55.1 Å². The summed E-state index contributed by atoms with van der Waals surface area (Å²) in [6.07, 6.45) is 4.95. The molecule has 2 aromatic heterocycles. The van der Waals surface area contributed by atoms with Crippen molar-refractivity contribution >= 4 is 23.0 Å². The first kappa shape index (κ1) is 25.3. The van der Waals surface area contributed by atoms with E-state index < -0.39 is 23.5 Å². The van der Waals surface area contributed by atoms with Crippen molar-refractivity contribution in [3.8, 4) is 11.4 Å². The van der Waals surface area contributed by atoms with Gasteiger partial charge in [0.2, 0.25) is 0 Å². The van der Waals surface area contributed by atoms with Crippen LogP contribution in [-0.4, -0.2) is 32.9 Å². The van der Waals surface area contributed by atoms with E-state index in [0.29, 0.717) is 17.1 Å². The number of nitrogens with one attached hydrogen (secondary N) is 2. The lowest BCUT2D eigenvalue weighted by Gasteiger charge is -2.23. The molecule has 4 rings (SSSR count). The summed E-state index contributed by atoms with van der Waals surface area (Å²) in [7, 11) is 1.54. The Morgan fingerprint density at radius 2 is 1.86 bits per heavy atom. The summed E-state index contributed by atoms with van der Waals surface area (Å²) in [4.78, 5) is 4.23. The highest BCUT2D eigenvalue weighted by Gasteiger charge is 2.20. The highest BCUT2D eigenvalue weighted by molar-refractivity contribution is 6.30. The molecule has 0 amide bonds. The average Bonchev–Trinajstić information content (AvgIpc) is 3.28. The van der Waals surface area contributed by atoms with Crippen LogP contribution >= 0.6 is 11.6 Å². The summed E-state index contributed by atoms with van der Waals surface area (Å²) in [5.41, 5.74) is 2.47. The van der Waals surface area contributed by atoms with E-state index in [0.717, 1.165) is 23.5 Å². The number of aromatic nitrogens is 3. The van der Waals surface area contributed by atoms with E-state index in [1.165, 1.54) is 23.9 Å². The fourth-order valence-corrected chi connectivity index (χ4v) is 4.17. The van der Waals surface area contributed by atoms with Gasteiger partial charge in [0.1, 0.15) is 11.2 Å². The van der Waals surface area contributed by atoms with Gasteiger partial charge in [0.05, 0.1) is 41.6 Å². The van der Waals surface area contributed by atoms with Crippen LogP contribution in [0.25, 0.3) is 5.69 Å². The third-order valence-corrected chi connectivity index (χ3v) is 5.84. The number of pyridine rings is 1. The van der Waals surface area contributed by atoms with E-state index in [2.05, 4.69) is 10.3 Å². The van der Waals surface area contributed by atoms with Gasteiger partial charge in [-0.15, -0.1) is 0 Å². The fourth-order valence-electron chi connectivity index (χ4n) is 3.95. The summed E-state index contributed by atoms with van der Waals surface area (Å²) < 4.78 is 50.1. The number of halogens is 4. The van der Waals surface area contributed by atoms with Crippen molar-refractivity contribution in [2.24, 2.45) is 0 Å². The van der Waals surface area contributed by atoms with Gasteiger partial charge in [-0.25, -0.2) is 18.2 Å². The number of aliphatic hydroxyl groups is 1. The monoisotopic (exact) mass is 517 g/mol. The molecular formula is C25H23ClF3N5O2. The Morgan fingerprint density at radius 3 is 2.47 bits per heavy atom. The number of aliphatic hydroxyl groups excluding tert-OH is 1. The summed E-state index contributed by atoms with van der Waals surface area (Å²) >= 11 is 6.32. The SMILES string of the molecule is COc1cc(Nc2cc(Cl)cn(C(CCO)c3cc(F)c(F)c(F)c3)c2=N)ccc1-n1cnc(C)c1. The molecule has 11 heteroatoms. The quantitative estimate of drug-likeness (QED) is 0.278. The normalized spacial score (nSPS) is 12.0. The molecular weight excluding hydrogens is 495 g/mol. The third-order valence-electron chi connectivity index (χ3n) is 5.64. The third kappa shape index (κ3) is 5.09. The predicted octanol–water partition coefficient (Wildman–Crippen LogP) is 5.26. The van der Waals surface area contributed by atoms with E-state index in [-0.39, 0.29) is 29.1 Å². The Hall–Kier alpha value is -3.76. The molecule has 0 radical (unpaired) electrons. The summed E-state index contributed by atoms with van der Waals surface area (Å²) in [6, 6.07) is 7.69. The predicted molar refractivity (Wildman–Crippen MR) is 130 cm³/mol. The van der Waals surface area contributed by atoms with Crippen molar-refractivity contribution in [1.82, 2.24) is 14.1 Å². The Labute approximate surface area is 209 Å². The van der Waals surface area contributed by atoms with Gasteiger partial charge in [0, 0.05) is 30.8 Å². The standard InChI is InChI=1S/C25H23ClF3N5O2/c1-14-11-33(13-31-14)22-4-3-17(10-23(22)36-2)32-20-9-16(26)12-34(25(20)30)21(5-6-35)15-7-18(27)24(29)19(28)8-15/h3-4,7-13,21,30,32,35H,5-6H2,1-2H3. The number of ether oxygens (including phenoxy) is 1. The molecule has 2 aromatic carbocycles. The molecule has 0 saturated heterocycles. The van der Waals surface area contributed by atoms with Gasteiger partial charge in [0.25, 0.3) is 0 Å². The molecule has 0 saturated carbocycles. The van der Waals surface area contributed by atoms with E-state index >= 15 is 0 Å². The molecule has 0 fully saturated rings. The van der Waals surface area contributed by atoms with Crippen LogP contribution in [0.4, 0.5) is 24.5 Å². The zero-order valence-electron chi connectivity index (χ0n) is 19.4. The van der Waals surface area contributed by atoms with E-state index in [4.69, 9.17) is 21.7 Å². The van der Waals surface area contributed by atoms with Crippen molar-refractivity contribution < 1.29 is 23.0 Å².